The first-order chi connectivity index (χ1) is 15.6. The SMILES string of the molecule is CC(C)(CCCCS(=O)CCCCC(C)(C)C(=O)c1ccccc1)C(=O)C1=CC=CC=CC1. The van der Waals surface area contributed by atoms with E-state index in [4.69, 9.17) is 0 Å². The van der Waals surface area contributed by atoms with Gasteiger partial charge >= 0.3 is 0 Å². The standard InChI is InChI=1S/C29H40O3S/c1-28(2,26(30)24-16-8-5-6-9-17-24)20-12-14-22-33(32)23-15-13-21-29(3,4)27(31)25-18-10-7-11-19-25/h5-11,16,18-19H,12-15,17,20-23H2,1-4H3. The van der Waals surface area contributed by atoms with Crippen molar-refractivity contribution in [3.8, 4) is 0 Å². The van der Waals surface area contributed by atoms with E-state index in [9.17, 15) is 13.8 Å². The molecule has 3 nitrogen and oxygen atoms in total. The molecule has 33 heavy (non-hydrogen) atoms. The van der Waals surface area contributed by atoms with Gasteiger partial charge in [0.2, 0.25) is 0 Å². The highest BCUT2D eigenvalue weighted by molar-refractivity contribution is 7.84. The van der Waals surface area contributed by atoms with Gasteiger partial charge in [0.05, 0.1) is 0 Å². The third kappa shape index (κ3) is 9.00. The summed E-state index contributed by atoms with van der Waals surface area (Å²) in [6.07, 6.45) is 15.6. The zero-order chi connectivity index (χ0) is 24.3. The summed E-state index contributed by atoms with van der Waals surface area (Å²) in [5, 5.41) is 0. The lowest BCUT2D eigenvalue weighted by Crippen LogP contribution is -2.26. The molecule has 0 radical (unpaired) electrons. The molecule has 0 fully saturated rings. The molecule has 180 valence electrons. The van der Waals surface area contributed by atoms with Crippen LogP contribution < -0.4 is 0 Å². The Hall–Kier alpha value is -2.07. The first-order valence-corrected chi connectivity index (χ1v) is 13.6. The lowest BCUT2D eigenvalue weighted by atomic mass is 9.79. The van der Waals surface area contributed by atoms with Crippen LogP contribution in [0.4, 0.5) is 0 Å². The average molecular weight is 469 g/mol. The fourth-order valence-electron chi connectivity index (χ4n) is 4.15. The maximum Gasteiger partial charge on any atom is 0.168 e. The van der Waals surface area contributed by atoms with E-state index in [0.29, 0.717) is 17.9 Å². The molecule has 0 N–H and O–H groups in total. The van der Waals surface area contributed by atoms with Crippen molar-refractivity contribution < 1.29 is 13.8 Å². The largest absolute Gasteiger partial charge is 0.294 e. The molecule has 1 aliphatic carbocycles. The van der Waals surface area contributed by atoms with Crippen molar-refractivity contribution in [1.82, 2.24) is 0 Å². The van der Waals surface area contributed by atoms with Crippen LogP contribution in [0.25, 0.3) is 0 Å². The first-order valence-electron chi connectivity index (χ1n) is 12.2. The number of hydrogen-bond donors (Lipinski definition) is 0. The number of rotatable bonds is 14. The Bertz CT molecular complexity index is 904. The summed E-state index contributed by atoms with van der Waals surface area (Å²) < 4.78 is 12.4. The number of carbonyl (C=O) groups is 2. The third-order valence-corrected chi connectivity index (χ3v) is 7.89. The highest BCUT2D eigenvalue weighted by atomic mass is 32.2. The van der Waals surface area contributed by atoms with Gasteiger partial charge in [0.15, 0.2) is 11.6 Å². The zero-order valence-electron chi connectivity index (χ0n) is 20.8. The molecule has 1 unspecified atom stereocenters. The average Bonchev–Trinajstić information content (AvgIpc) is 3.08. The van der Waals surface area contributed by atoms with Crippen LogP contribution in [0.15, 0.2) is 66.3 Å². The smallest absolute Gasteiger partial charge is 0.168 e. The van der Waals surface area contributed by atoms with Gasteiger partial charge < -0.3 is 0 Å². The Morgan fingerprint density at radius 1 is 0.788 bits per heavy atom. The lowest BCUT2D eigenvalue weighted by Gasteiger charge is -2.24. The molecule has 0 saturated carbocycles. The lowest BCUT2D eigenvalue weighted by molar-refractivity contribution is -0.123. The summed E-state index contributed by atoms with van der Waals surface area (Å²) in [5.74, 6) is 1.76. The molecular weight excluding hydrogens is 428 g/mol. The van der Waals surface area contributed by atoms with E-state index in [2.05, 4.69) is 0 Å². The van der Waals surface area contributed by atoms with E-state index in [1.807, 2.05) is 88.4 Å². The maximum atomic E-state index is 12.9. The van der Waals surface area contributed by atoms with Crippen molar-refractivity contribution in [2.75, 3.05) is 11.5 Å². The van der Waals surface area contributed by atoms with Gasteiger partial charge in [-0.1, -0.05) is 101 Å². The normalized spacial score (nSPS) is 15.1. The number of benzene rings is 1. The Morgan fingerprint density at radius 3 is 1.97 bits per heavy atom. The molecule has 0 aromatic heterocycles. The molecule has 1 aromatic carbocycles. The quantitative estimate of drug-likeness (QED) is 0.218. The van der Waals surface area contributed by atoms with E-state index in [-0.39, 0.29) is 11.6 Å². The van der Waals surface area contributed by atoms with Gasteiger partial charge in [-0.3, -0.25) is 13.8 Å². The van der Waals surface area contributed by atoms with Gasteiger partial charge in [0.1, 0.15) is 0 Å². The minimum atomic E-state index is -0.840. The monoisotopic (exact) mass is 468 g/mol. The molecule has 0 heterocycles. The van der Waals surface area contributed by atoms with E-state index < -0.39 is 21.6 Å². The molecule has 4 heteroatoms. The second-order valence-electron chi connectivity index (χ2n) is 10.3. The van der Waals surface area contributed by atoms with Crippen molar-refractivity contribution in [2.45, 2.75) is 72.6 Å². The predicted molar refractivity (Wildman–Crippen MR) is 140 cm³/mol. The topological polar surface area (TPSA) is 51.2 Å². The van der Waals surface area contributed by atoms with Gasteiger partial charge in [-0.05, 0) is 37.7 Å². The summed E-state index contributed by atoms with van der Waals surface area (Å²) in [6, 6.07) is 9.45. The highest BCUT2D eigenvalue weighted by Crippen LogP contribution is 2.30. The van der Waals surface area contributed by atoms with Crippen LogP contribution in [0.2, 0.25) is 0 Å². The molecule has 0 aliphatic heterocycles. The van der Waals surface area contributed by atoms with Crippen molar-refractivity contribution in [3.63, 3.8) is 0 Å². The van der Waals surface area contributed by atoms with E-state index >= 15 is 0 Å². The predicted octanol–water partition coefficient (Wildman–Crippen LogP) is 7.02. The Kier molecular flexibility index (Phi) is 10.7. The Labute approximate surface area is 202 Å². The molecule has 2 rings (SSSR count). The van der Waals surface area contributed by atoms with Crippen molar-refractivity contribution >= 4 is 22.4 Å². The van der Waals surface area contributed by atoms with Crippen LogP contribution in [0.5, 0.6) is 0 Å². The molecule has 1 aromatic rings. The molecule has 0 spiro atoms. The number of ketones is 2. The van der Waals surface area contributed by atoms with Crippen LogP contribution >= 0.6 is 0 Å². The highest BCUT2D eigenvalue weighted by Gasteiger charge is 2.29. The summed E-state index contributed by atoms with van der Waals surface area (Å²) in [7, 11) is -0.840. The minimum Gasteiger partial charge on any atom is -0.294 e. The van der Waals surface area contributed by atoms with E-state index in [1.165, 1.54) is 0 Å². The van der Waals surface area contributed by atoms with Gasteiger partial charge in [-0.25, -0.2) is 0 Å². The fraction of sp³-hybridized carbons (Fsp3) is 0.517. The van der Waals surface area contributed by atoms with Crippen molar-refractivity contribution in [1.29, 1.82) is 0 Å². The summed E-state index contributed by atoms with van der Waals surface area (Å²) in [6.45, 7) is 8.04. The van der Waals surface area contributed by atoms with Crippen LogP contribution in [0.3, 0.4) is 0 Å². The van der Waals surface area contributed by atoms with E-state index in [1.54, 1.807) is 0 Å². The van der Waals surface area contributed by atoms with Gasteiger partial charge in [-0.2, -0.15) is 0 Å². The molecule has 0 amide bonds. The number of Topliss-reactive ketones (excluding diaryl/α,β-unsaturated/α-hetero) is 2. The van der Waals surface area contributed by atoms with Crippen LogP contribution in [0, 0.1) is 10.8 Å². The maximum absolute atomic E-state index is 12.9. The molecular formula is C29H40O3S. The number of allylic oxidation sites excluding steroid dienone is 6. The third-order valence-electron chi connectivity index (χ3n) is 6.40. The first kappa shape index (κ1) is 27.2. The van der Waals surface area contributed by atoms with Crippen molar-refractivity contribution in [2.24, 2.45) is 10.8 Å². The van der Waals surface area contributed by atoms with Gasteiger partial charge in [0, 0.05) is 38.7 Å². The summed E-state index contributed by atoms with van der Waals surface area (Å²) >= 11 is 0. The zero-order valence-corrected chi connectivity index (χ0v) is 21.6. The van der Waals surface area contributed by atoms with Crippen LogP contribution in [-0.4, -0.2) is 27.3 Å². The Balaban J connectivity index is 1.64. The van der Waals surface area contributed by atoms with Crippen LogP contribution in [-0.2, 0) is 15.6 Å². The van der Waals surface area contributed by atoms with Crippen LogP contribution in [0.1, 0.15) is 83.0 Å². The molecule has 1 aliphatic rings. The second-order valence-corrected chi connectivity index (χ2v) is 12.0. The van der Waals surface area contributed by atoms with Crippen molar-refractivity contribution in [3.05, 3.63) is 71.8 Å². The summed E-state index contributed by atoms with van der Waals surface area (Å²) in [5.41, 5.74) is 0.827. The number of carbonyl (C=O) groups excluding carboxylic acids is 2. The molecule has 1 atom stereocenters. The van der Waals surface area contributed by atoms with E-state index in [0.717, 1.165) is 49.7 Å². The minimum absolute atomic E-state index is 0.174. The second kappa shape index (κ2) is 13.0. The van der Waals surface area contributed by atoms with Gasteiger partial charge in [-0.15, -0.1) is 0 Å². The Morgan fingerprint density at radius 2 is 1.36 bits per heavy atom. The molecule has 0 bridgehead atoms. The van der Waals surface area contributed by atoms with Gasteiger partial charge in [0.25, 0.3) is 0 Å². The summed E-state index contributed by atoms with van der Waals surface area (Å²) in [4.78, 5) is 25.6. The fourth-order valence-corrected chi connectivity index (χ4v) is 5.41. The number of hydrogen-bond acceptors (Lipinski definition) is 3. The molecule has 0 saturated heterocycles. The number of unbranched alkanes of at least 4 members (excludes halogenated alkanes) is 2.